The van der Waals surface area contributed by atoms with Crippen molar-refractivity contribution in [1.29, 1.82) is 0 Å². The molecule has 0 atom stereocenters. The fourth-order valence-electron chi connectivity index (χ4n) is 2.56. The van der Waals surface area contributed by atoms with Crippen LogP contribution in [0.5, 0.6) is 17.2 Å². The van der Waals surface area contributed by atoms with E-state index in [4.69, 9.17) is 26.4 Å². The van der Waals surface area contributed by atoms with Crippen molar-refractivity contribution in [3.8, 4) is 28.6 Å². The summed E-state index contributed by atoms with van der Waals surface area (Å²) in [7, 11) is 4.74. The van der Waals surface area contributed by atoms with Gasteiger partial charge in [0.2, 0.25) is 4.77 Å². The summed E-state index contributed by atoms with van der Waals surface area (Å²) in [6.07, 6.45) is 1.63. The number of hydrogen-bond acceptors (Lipinski definition) is 6. The van der Waals surface area contributed by atoms with Gasteiger partial charge in [-0.2, -0.15) is 14.9 Å². The van der Waals surface area contributed by atoms with Crippen molar-refractivity contribution >= 4 is 18.4 Å². The van der Waals surface area contributed by atoms with E-state index in [1.807, 2.05) is 31.2 Å². The molecule has 2 aromatic carbocycles. The zero-order valence-corrected chi connectivity index (χ0v) is 16.3. The lowest BCUT2D eigenvalue weighted by molar-refractivity contribution is 0.374. The van der Waals surface area contributed by atoms with Crippen LogP contribution in [0.25, 0.3) is 11.4 Å². The first-order valence-corrected chi connectivity index (χ1v) is 8.57. The van der Waals surface area contributed by atoms with E-state index in [-0.39, 0.29) is 0 Å². The van der Waals surface area contributed by atoms with Crippen molar-refractivity contribution < 1.29 is 14.2 Å². The van der Waals surface area contributed by atoms with E-state index in [0.717, 1.165) is 11.1 Å². The Bertz CT molecular complexity index is 997. The first-order chi connectivity index (χ1) is 13.1. The summed E-state index contributed by atoms with van der Waals surface area (Å²) in [5, 5.41) is 11.6. The molecule has 27 heavy (non-hydrogen) atoms. The first kappa shape index (κ1) is 18.7. The molecular formula is C19H20N4O3S. The summed E-state index contributed by atoms with van der Waals surface area (Å²) in [4.78, 5) is 0. The van der Waals surface area contributed by atoms with Crippen LogP contribution in [0.15, 0.2) is 41.5 Å². The molecule has 1 N–H and O–H groups in total. The van der Waals surface area contributed by atoms with Crippen molar-refractivity contribution in [1.82, 2.24) is 14.9 Å². The third kappa shape index (κ3) is 3.85. The highest BCUT2D eigenvalue weighted by atomic mass is 32.1. The van der Waals surface area contributed by atoms with Crippen LogP contribution >= 0.6 is 12.2 Å². The molecule has 0 aliphatic rings. The minimum Gasteiger partial charge on any atom is -0.496 e. The maximum Gasteiger partial charge on any atom is 0.216 e. The number of rotatable bonds is 6. The second-order valence-electron chi connectivity index (χ2n) is 5.72. The first-order valence-electron chi connectivity index (χ1n) is 8.16. The molecule has 0 amide bonds. The quantitative estimate of drug-likeness (QED) is 0.517. The number of nitrogens with one attached hydrogen (secondary N) is 1. The lowest BCUT2D eigenvalue weighted by atomic mass is 10.1. The Morgan fingerprint density at radius 1 is 1.04 bits per heavy atom. The summed E-state index contributed by atoms with van der Waals surface area (Å²) in [5.41, 5.74) is 2.73. The van der Waals surface area contributed by atoms with Crippen LogP contribution < -0.4 is 14.2 Å². The molecular weight excluding hydrogens is 364 g/mol. The van der Waals surface area contributed by atoms with Gasteiger partial charge in [-0.05, 0) is 19.1 Å². The van der Waals surface area contributed by atoms with Gasteiger partial charge >= 0.3 is 0 Å². The van der Waals surface area contributed by atoms with Crippen LogP contribution in [0.1, 0.15) is 11.1 Å². The highest BCUT2D eigenvalue weighted by Crippen LogP contribution is 2.32. The Morgan fingerprint density at radius 3 is 2.22 bits per heavy atom. The van der Waals surface area contributed by atoms with Gasteiger partial charge in [0.1, 0.15) is 17.2 Å². The standard InChI is InChI=1S/C19H20N4O3S/c1-12-5-7-13(8-6-12)18-21-22-19(27)23(18)20-11-15-16(25-3)9-14(24-2)10-17(15)26-4/h5-11H,1-4H3,(H,22,27)/b20-11-. The summed E-state index contributed by atoms with van der Waals surface area (Å²) in [6, 6.07) is 11.5. The Labute approximate surface area is 162 Å². The molecule has 0 aliphatic heterocycles. The molecule has 0 bridgehead atoms. The van der Waals surface area contributed by atoms with Gasteiger partial charge in [-0.15, -0.1) is 0 Å². The number of hydrogen-bond donors (Lipinski definition) is 1. The van der Waals surface area contributed by atoms with E-state index >= 15 is 0 Å². The lowest BCUT2D eigenvalue weighted by Gasteiger charge is -2.12. The van der Waals surface area contributed by atoms with E-state index in [2.05, 4.69) is 15.3 Å². The molecule has 3 rings (SSSR count). The second-order valence-corrected chi connectivity index (χ2v) is 6.11. The van der Waals surface area contributed by atoms with Gasteiger partial charge in [-0.25, -0.2) is 5.10 Å². The van der Waals surface area contributed by atoms with Crippen LogP contribution in [0.4, 0.5) is 0 Å². The maximum atomic E-state index is 5.45. The monoisotopic (exact) mass is 384 g/mol. The number of nitrogens with zero attached hydrogens (tertiary/aromatic N) is 3. The predicted octanol–water partition coefficient (Wildman–Crippen LogP) is 3.82. The second kappa shape index (κ2) is 8.05. The lowest BCUT2D eigenvalue weighted by Crippen LogP contribution is -2.00. The third-order valence-electron chi connectivity index (χ3n) is 4.02. The number of ether oxygens (including phenoxy) is 3. The van der Waals surface area contributed by atoms with Crippen LogP contribution in [0, 0.1) is 11.7 Å². The maximum absolute atomic E-state index is 5.45. The van der Waals surface area contributed by atoms with Gasteiger partial charge in [-0.3, -0.25) is 0 Å². The van der Waals surface area contributed by atoms with Crippen molar-refractivity contribution in [2.45, 2.75) is 6.92 Å². The van der Waals surface area contributed by atoms with Crippen molar-refractivity contribution in [3.63, 3.8) is 0 Å². The van der Waals surface area contributed by atoms with Gasteiger partial charge in [0.05, 0.1) is 33.1 Å². The van der Waals surface area contributed by atoms with Gasteiger partial charge in [0, 0.05) is 17.7 Å². The van der Waals surface area contributed by atoms with Crippen LogP contribution in [-0.2, 0) is 0 Å². The minimum atomic E-state index is 0.383. The zero-order chi connectivity index (χ0) is 19.4. The fourth-order valence-corrected chi connectivity index (χ4v) is 2.74. The molecule has 1 aromatic heterocycles. The molecule has 8 heteroatoms. The topological polar surface area (TPSA) is 73.7 Å². The highest BCUT2D eigenvalue weighted by molar-refractivity contribution is 7.71. The zero-order valence-electron chi connectivity index (χ0n) is 15.5. The van der Waals surface area contributed by atoms with E-state index in [1.165, 1.54) is 0 Å². The molecule has 0 spiro atoms. The third-order valence-corrected chi connectivity index (χ3v) is 4.28. The highest BCUT2D eigenvalue weighted by Gasteiger charge is 2.13. The largest absolute Gasteiger partial charge is 0.496 e. The molecule has 0 aliphatic carbocycles. The number of aryl methyl sites for hydroxylation is 1. The van der Waals surface area contributed by atoms with E-state index in [9.17, 15) is 0 Å². The number of methoxy groups -OCH3 is 3. The average molecular weight is 384 g/mol. The van der Waals surface area contributed by atoms with Gasteiger partial charge in [0.15, 0.2) is 5.82 Å². The van der Waals surface area contributed by atoms with E-state index in [0.29, 0.717) is 33.4 Å². The molecule has 0 saturated heterocycles. The number of aromatic nitrogens is 3. The molecule has 0 radical (unpaired) electrons. The molecule has 1 heterocycles. The summed E-state index contributed by atoms with van der Waals surface area (Å²) >= 11 is 5.32. The Kier molecular flexibility index (Phi) is 5.56. The van der Waals surface area contributed by atoms with Crippen LogP contribution in [-0.4, -0.2) is 42.4 Å². The van der Waals surface area contributed by atoms with Crippen LogP contribution in [0.3, 0.4) is 0 Å². The minimum absolute atomic E-state index is 0.383. The Morgan fingerprint density at radius 2 is 1.67 bits per heavy atom. The summed E-state index contributed by atoms with van der Waals surface area (Å²) < 4.78 is 18.1. The summed E-state index contributed by atoms with van der Waals surface area (Å²) in [6.45, 7) is 2.03. The molecule has 0 fully saturated rings. The Hall–Kier alpha value is -3.13. The SMILES string of the molecule is COc1cc(OC)c(/C=N\n2c(-c3ccc(C)cc3)n[nH]c2=S)c(OC)c1. The Balaban J connectivity index is 2.06. The van der Waals surface area contributed by atoms with E-state index in [1.54, 1.807) is 44.4 Å². The number of H-pyrrole nitrogens is 1. The van der Waals surface area contributed by atoms with Gasteiger partial charge in [0.25, 0.3) is 0 Å². The van der Waals surface area contributed by atoms with Gasteiger partial charge < -0.3 is 14.2 Å². The number of benzene rings is 2. The molecule has 7 nitrogen and oxygen atoms in total. The molecule has 0 unspecified atom stereocenters. The molecule has 140 valence electrons. The molecule has 3 aromatic rings. The van der Waals surface area contributed by atoms with Gasteiger partial charge in [-0.1, -0.05) is 29.8 Å². The summed E-state index contributed by atoms with van der Waals surface area (Å²) in [5.74, 6) is 2.38. The number of aromatic amines is 1. The predicted molar refractivity (Wildman–Crippen MR) is 107 cm³/mol. The van der Waals surface area contributed by atoms with Crippen molar-refractivity contribution in [2.24, 2.45) is 5.10 Å². The molecule has 0 saturated carbocycles. The normalized spacial score (nSPS) is 11.0. The smallest absolute Gasteiger partial charge is 0.216 e. The van der Waals surface area contributed by atoms with Crippen molar-refractivity contribution in [3.05, 3.63) is 52.3 Å². The fraction of sp³-hybridized carbons (Fsp3) is 0.211. The van der Waals surface area contributed by atoms with E-state index < -0.39 is 0 Å². The van der Waals surface area contributed by atoms with Crippen LogP contribution in [0.2, 0.25) is 0 Å². The average Bonchev–Trinajstić information content (AvgIpc) is 3.06. The van der Waals surface area contributed by atoms with Crippen molar-refractivity contribution in [2.75, 3.05) is 21.3 Å².